The summed E-state index contributed by atoms with van der Waals surface area (Å²) < 4.78 is 5.90. The van der Waals surface area contributed by atoms with Crippen molar-refractivity contribution in [2.75, 3.05) is 6.54 Å². The summed E-state index contributed by atoms with van der Waals surface area (Å²) in [5.41, 5.74) is 1.74. The Morgan fingerprint density at radius 2 is 1.90 bits per heavy atom. The number of aromatic nitrogens is 1. The fourth-order valence-electron chi connectivity index (χ4n) is 4.26. The molecule has 0 bridgehead atoms. The minimum absolute atomic E-state index is 0.0420. The van der Waals surface area contributed by atoms with Crippen LogP contribution in [-0.2, 0) is 16.1 Å². The van der Waals surface area contributed by atoms with E-state index in [0.29, 0.717) is 25.4 Å². The molecule has 2 aliphatic rings. The van der Waals surface area contributed by atoms with Gasteiger partial charge < -0.3 is 15.0 Å². The van der Waals surface area contributed by atoms with Crippen LogP contribution in [0.25, 0.3) is 0 Å². The quantitative estimate of drug-likeness (QED) is 0.758. The van der Waals surface area contributed by atoms with Gasteiger partial charge in [0.25, 0.3) is 0 Å². The highest BCUT2D eigenvalue weighted by Crippen LogP contribution is 2.26. The number of ether oxygens (including phenoxy) is 1. The number of rotatable bonds is 7. The van der Waals surface area contributed by atoms with Crippen molar-refractivity contribution >= 4 is 11.8 Å². The standard InChI is InChI=1S/C24H29N3O3/c28-22-12-6-7-15-27(22)23(19-8-2-1-3-9-19)24(29)26-17-18-13-14-21(25-16-18)30-20-10-4-5-11-20/h1-3,8-9,13-14,16,20,23H,4-7,10-12,15,17H2,(H,26,29). The van der Waals surface area contributed by atoms with Crippen molar-refractivity contribution in [1.29, 1.82) is 0 Å². The first-order valence-corrected chi connectivity index (χ1v) is 10.9. The van der Waals surface area contributed by atoms with Gasteiger partial charge in [-0.05, 0) is 49.7 Å². The smallest absolute Gasteiger partial charge is 0.247 e. The zero-order chi connectivity index (χ0) is 20.8. The van der Waals surface area contributed by atoms with Crippen LogP contribution in [-0.4, -0.2) is 34.3 Å². The Labute approximate surface area is 177 Å². The lowest BCUT2D eigenvalue weighted by Gasteiger charge is -2.34. The van der Waals surface area contributed by atoms with E-state index in [1.165, 1.54) is 12.8 Å². The molecule has 1 aromatic carbocycles. The predicted octanol–water partition coefficient (Wildman–Crippen LogP) is 3.77. The molecule has 1 unspecified atom stereocenters. The summed E-state index contributed by atoms with van der Waals surface area (Å²) in [6.07, 6.45) is 8.96. The van der Waals surface area contributed by atoms with Crippen LogP contribution < -0.4 is 10.1 Å². The molecule has 2 fully saturated rings. The number of nitrogens with one attached hydrogen (secondary N) is 1. The van der Waals surface area contributed by atoms with Crippen LogP contribution in [0.3, 0.4) is 0 Å². The third kappa shape index (κ3) is 4.99. The van der Waals surface area contributed by atoms with Crippen molar-refractivity contribution in [3.8, 4) is 5.88 Å². The maximum atomic E-state index is 13.1. The van der Waals surface area contributed by atoms with Crippen LogP contribution in [0.5, 0.6) is 5.88 Å². The lowest BCUT2D eigenvalue weighted by molar-refractivity contribution is -0.142. The fraction of sp³-hybridized carbons (Fsp3) is 0.458. The molecule has 1 aliphatic heterocycles. The molecular weight excluding hydrogens is 378 g/mol. The van der Waals surface area contributed by atoms with E-state index in [-0.39, 0.29) is 17.9 Å². The van der Waals surface area contributed by atoms with Crippen LogP contribution in [0.4, 0.5) is 0 Å². The highest BCUT2D eigenvalue weighted by atomic mass is 16.5. The van der Waals surface area contributed by atoms with Gasteiger partial charge >= 0.3 is 0 Å². The van der Waals surface area contributed by atoms with Crippen molar-refractivity contribution in [3.05, 3.63) is 59.8 Å². The van der Waals surface area contributed by atoms with Crippen molar-refractivity contribution in [2.45, 2.75) is 63.6 Å². The van der Waals surface area contributed by atoms with Crippen LogP contribution in [0.15, 0.2) is 48.7 Å². The fourth-order valence-corrected chi connectivity index (χ4v) is 4.26. The van der Waals surface area contributed by atoms with Gasteiger partial charge in [0.2, 0.25) is 17.7 Å². The van der Waals surface area contributed by atoms with Gasteiger partial charge in [0.1, 0.15) is 12.1 Å². The van der Waals surface area contributed by atoms with Crippen molar-refractivity contribution < 1.29 is 14.3 Å². The van der Waals surface area contributed by atoms with E-state index in [9.17, 15) is 9.59 Å². The number of piperidine rings is 1. The third-order valence-corrected chi connectivity index (χ3v) is 5.89. The average molecular weight is 408 g/mol. The van der Waals surface area contributed by atoms with Gasteiger partial charge in [-0.25, -0.2) is 4.98 Å². The molecular formula is C24H29N3O3. The second kappa shape index (κ2) is 9.74. The molecule has 4 rings (SSSR count). The topological polar surface area (TPSA) is 71.5 Å². The van der Waals surface area contributed by atoms with E-state index < -0.39 is 6.04 Å². The summed E-state index contributed by atoms with van der Waals surface area (Å²) in [6.45, 7) is 0.974. The van der Waals surface area contributed by atoms with Crippen LogP contribution in [0, 0.1) is 0 Å². The molecule has 6 nitrogen and oxygen atoms in total. The number of hydrogen-bond acceptors (Lipinski definition) is 4. The zero-order valence-electron chi connectivity index (χ0n) is 17.3. The summed E-state index contributed by atoms with van der Waals surface area (Å²) in [6, 6.07) is 12.7. The Balaban J connectivity index is 1.40. The van der Waals surface area contributed by atoms with Crippen molar-refractivity contribution in [1.82, 2.24) is 15.2 Å². The molecule has 1 saturated heterocycles. The largest absolute Gasteiger partial charge is 0.474 e. The monoisotopic (exact) mass is 407 g/mol. The molecule has 0 radical (unpaired) electrons. The van der Waals surface area contributed by atoms with E-state index in [0.717, 1.165) is 36.8 Å². The van der Waals surface area contributed by atoms with Crippen LogP contribution in [0.1, 0.15) is 62.1 Å². The minimum atomic E-state index is -0.600. The second-order valence-corrected chi connectivity index (χ2v) is 8.10. The van der Waals surface area contributed by atoms with Gasteiger partial charge in [0.15, 0.2) is 0 Å². The minimum Gasteiger partial charge on any atom is -0.474 e. The Bertz CT molecular complexity index is 848. The number of hydrogen-bond donors (Lipinski definition) is 1. The summed E-state index contributed by atoms with van der Waals surface area (Å²) >= 11 is 0. The predicted molar refractivity (Wildman–Crippen MR) is 114 cm³/mol. The van der Waals surface area contributed by atoms with Gasteiger partial charge in [0, 0.05) is 31.8 Å². The first kappa shape index (κ1) is 20.4. The molecule has 2 amide bonds. The van der Waals surface area contributed by atoms with Gasteiger partial charge in [-0.3, -0.25) is 9.59 Å². The molecule has 1 aliphatic carbocycles. The van der Waals surface area contributed by atoms with Crippen molar-refractivity contribution in [2.24, 2.45) is 0 Å². The first-order valence-electron chi connectivity index (χ1n) is 10.9. The molecule has 0 spiro atoms. The van der Waals surface area contributed by atoms with E-state index in [1.54, 1.807) is 11.1 Å². The van der Waals surface area contributed by atoms with E-state index in [4.69, 9.17) is 4.74 Å². The summed E-state index contributed by atoms with van der Waals surface area (Å²) in [4.78, 5) is 31.7. The Morgan fingerprint density at radius 3 is 2.60 bits per heavy atom. The number of pyridine rings is 1. The van der Waals surface area contributed by atoms with Gasteiger partial charge in [-0.2, -0.15) is 0 Å². The van der Waals surface area contributed by atoms with E-state index in [1.807, 2.05) is 42.5 Å². The zero-order valence-corrected chi connectivity index (χ0v) is 17.3. The van der Waals surface area contributed by atoms with Gasteiger partial charge in [0.05, 0.1) is 0 Å². The SMILES string of the molecule is O=C(NCc1ccc(OC2CCCC2)nc1)C(c1ccccc1)N1CCCCC1=O. The normalized spacial score (nSPS) is 18.3. The number of nitrogens with zero attached hydrogens (tertiary/aromatic N) is 2. The molecule has 1 atom stereocenters. The van der Waals surface area contributed by atoms with Gasteiger partial charge in [-0.1, -0.05) is 36.4 Å². The number of benzene rings is 1. The van der Waals surface area contributed by atoms with Crippen LogP contribution >= 0.6 is 0 Å². The Hall–Kier alpha value is -2.89. The average Bonchev–Trinajstić information content (AvgIpc) is 3.29. The number of carbonyl (C=O) groups is 2. The molecule has 158 valence electrons. The number of carbonyl (C=O) groups excluding carboxylic acids is 2. The van der Waals surface area contributed by atoms with E-state index >= 15 is 0 Å². The summed E-state index contributed by atoms with van der Waals surface area (Å²) in [7, 11) is 0. The number of likely N-dealkylation sites (tertiary alicyclic amines) is 1. The molecule has 6 heteroatoms. The Morgan fingerprint density at radius 1 is 1.10 bits per heavy atom. The first-order chi connectivity index (χ1) is 14.7. The molecule has 1 saturated carbocycles. The van der Waals surface area contributed by atoms with Gasteiger partial charge in [-0.15, -0.1) is 0 Å². The molecule has 1 aromatic heterocycles. The summed E-state index contributed by atoms with van der Waals surface area (Å²) in [5.74, 6) is 0.515. The van der Waals surface area contributed by atoms with Crippen molar-refractivity contribution in [3.63, 3.8) is 0 Å². The maximum absolute atomic E-state index is 13.1. The summed E-state index contributed by atoms with van der Waals surface area (Å²) in [5, 5.41) is 2.99. The lowest BCUT2D eigenvalue weighted by atomic mass is 10.0. The lowest BCUT2D eigenvalue weighted by Crippen LogP contribution is -2.45. The Kier molecular flexibility index (Phi) is 6.62. The molecule has 2 heterocycles. The highest BCUT2D eigenvalue weighted by molar-refractivity contribution is 5.89. The van der Waals surface area contributed by atoms with E-state index in [2.05, 4.69) is 10.3 Å². The third-order valence-electron chi connectivity index (χ3n) is 5.89. The molecule has 30 heavy (non-hydrogen) atoms. The molecule has 2 aromatic rings. The highest BCUT2D eigenvalue weighted by Gasteiger charge is 2.32. The second-order valence-electron chi connectivity index (χ2n) is 8.10. The van der Waals surface area contributed by atoms with Crippen LogP contribution in [0.2, 0.25) is 0 Å². The molecule has 1 N–H and O–H groups in total. The maximum Gasteiger partial charge on any atom is 0.247 e. The number of amides is 2.